The maximum absolute atomic E-state index is 12.5. The van der Waals surface area contributed by atoms with Crippen LogP contribution in [0.15, 0.2) is 49.7 Å². The van der Waals surface area contributed by atoms with E-state index in [9.17, 15) is 14.4 Å². The van der Waals surface area contributed by atoms with Crippen LogP contribution in [-0.2, 0) is 14.3 Å². The van der Waals surface area contributed by atoms with Gasteiger partial charge in [0.05, 0.1) is 29.9 Å². The Morgan fingerprint density at radius 1 is 1.23 bits per heavy atom. The fourth-order valence-electron chi connectivity index (χ4n) is 2.95. The Bertz CT molecular complexity index is 1090. The summed E-state index contributed by atoms with van der Waals surface area (Å²) >= 11 is 0. The van der Waals surface area contributed by atoms with Gasteiger partial charge in [-0.15, -0.1) is 13.2 Å². The van der Waals surface area contributed by atoms with E-state index < -0.39 is 29.6 Å². The van der Waals surface area contributed by atoms with Crippen LogP contribution in [0.4, 0.5) is 10.6 Å². The summed E-state index contributed by atoms with van der Waals surface area (Å²) in [6.07, 6.45) is 4.51. The predicted molar refractivity (Wildman–Crippen MR) is 132 cm³/mol. The first-order chi connectivity index (χ1) is 16.5. The van der Waals surface area contributed by atoms with Crippen LogP contribution in [0.1, 0.15) is 63.3 Å². The normalized spacial score (nSPS) is 12.7. The van der Waals surface area contributed by atoms with Crippen molar-refractivity contribution in [3.05, 3.63) is 61.1 Å². The minimum Gasteiger partial charge on any atom is -0.461 e. The number of carbonyl (C=O) groups is 3. The topological polar surface area (TPSA) is 124 Å². The van der Waals surface area contributed by atoms with Gasteiger partial charge in [-0.25, -0.2) is 14.3 Å². The van der Waals surface area contributed by atoms with Crippen molar-refractivity contribution >= 4 is 23.8 Å². The summed E-state index contributed by atoms with van der Waals surface area (Å²) in [4.78, 5) is 41.5. The fraction of sp³-hybridized carbons (Fsp3) is 0.400. The molecule has 0 aliphatic carbocycles. The molecule has 0 radical (unpaired) electrons. The van der Waals surface area contributed by atoms with Crippen molar-refractivity contribution < 1.29 is 23.9 Å². The first-order valence-corrected chi connectivity index (χ1v) is 11.3. The zero-order valence-electron chi connectivity index (χ0n) is 20.8. The number of carbonyl (C=O) groups excluding carboxylic acids is 3. The summed E-state index contributed by atoms with van der Waals surface area (Å²) in [5.74, 6) is -1.14. The standard InChI is InChI=1S/C25H33N5O5/c1-8-11-18(27-24(33)35-25(5,6)7)19-14-17(12-13-26-19)30-21(28-22(31)16(4)9-2)15-20(29-30)23(32)34-10-3/h8-9,12-16,18H,1-2,10-11H2,3-7H3,(H,27,33)(H,28,31)/t16-,18+/m1/s1. The third-order valence-corrected chi connectivity index (χ3v) is 4.67. The minimum absolute atomic E-state index is 0.0290. The van der Waals surface area contributed by atoms with Crippen LogP contribution >= 0.6 is 0 Å². The maximum atomic E-state index is 12.5. The zero-order valence-corrected chi connectivity index (χ0v) is 20.8. The van der Waals surface area contributed by atoms with Gasteiger partial charge in [0.15, 0.2) is 5.69 Å². The quantitative estimate of drug-likeness (QED) is 0.380. The van der Waals surface area contributed by atoms with Gasteiger partial charge in [0.2, 0.25) is 5.91 Å². The Hall–Kier alpha value is -3.95. The number of amides is 2. The highest BCUT2D eigenvalue weighted by atomic mass is 16.6. The monoisotopic (exact) mass is 483 g/mol. The van der Waals surface area contributed by atoms with Gasteiger partial charge in [-0.3, -0.25) is 9.78 Å². The molecule has 0 bridgehead atoms. The van der Waals surface area contributed by atoms with Gasteiger partial charge >= 0.3 is 12.1 Å². The molecule has 10 nitrogen and oxygen atoms in total. The lowest BCUT2D eigenvalue weighted by molar-refractivity contribution is -0.118. The Morgan fingerprint density at radius 3 is 2.54 bits per heavy atom. The molecule has 2 atom stereocenters. The number of rotatable bonds is 10. The highest BCUT2D eigenvalue weighted by Gasteiger charge is 2.23. The van der Waals surface area contributed by atoms with E-state index in [0.717, 1.165) is 0 Å². The van der Waals surface area contributed by atoms with Crippen LogP contribution in [0, 0.1) is 5.92 Å². The first-order valence-electron chi connectivity index (χ1n) is 11.3. The van der Waals surface area contributed by atoms with Gasteiger partial charge in [0.25, 0.3) is 0 Å². The molecular weight excluding hydrogens is 450 g/mol. The lowest BCUT2D eigenvalue weighted by atomic mass is 10.1. The highest BCUT2D eigenvalue weighted by molar-refractivity contribution is 5.95. The van der Waals surface area contributed by atoms with Crippen LogP contribution in [0.5, 0.6) is 0 Å². The number of hydrogen-bond donors (Lipinski definition) is 2. The van der Waals surface area contributed by atoms with E-state index in [-0.39, 0.29) is 24.0 Å². The molecule has 0 spiro atoms. The molecule has 35 heavy (non-hydrogen) atoms. The SMILES string of the molecule is C=CC[C@H](NC(=O)OC(C)(C)C)c1cc(-n2nc(C(=O)OCC)cc2NC(=O)[C@H](C)C=C)ccn1. The highest BCUT2D eigenvalue weighted by Crippen LogP contribution is 2.23. The number of anilines is 1. The van der Waals surface area contributed by atoms with Gasteiger partial charge in [0.1, 0.15) is 11.4 Å². The average Bonchev–Trinajstić information content (AvgIpc) is 3.21. The van der Waals surface area contributed by atoms with Crippen molar-refractivity contribution in [3.63, 3.8) is 0 Å². The van der Waals surface area contributed by atoms with Crippen molar-refractivity contribution in [3.8, 4) is 5.69 Å². The fourth-order valence-corrected chi connectivity index (χ4v) is 2.95. The molecule has 0 saturated carbocycles. The number of nitrogens with one attached hydrogen (secondary N) is 2. The molecule has 188 valence electrons. The predicted octanol–water partition coefficient (Wildman–Crippen LogP) is 4.35. The molecule has 0 aromatic carbocycles. The molecule has 10 heteroatoms. The largest absolute Gasteiger partial charge is 0.461 e. The summed E-state index contributed by atoms with van der Waals surface area (Å²) in [5.41, 5.74) is 0.387. The molecule has 2 heterocycles. The second kappa shape index (κ2) is 12.0. The van der Waals surface area contributed by atoms with E-state index in [4.69, 9.17) is 9.47 Å². The lowest BCUT2D eigenvalue weighted by Crippen LogP contribution is -2.35. The van der Waals surface area contributed by atoms with Crippen molar-refractivity contribution in [2.75, 3.05) is 11.9 Å². The molecular formula is C25H33N5O5. The second-order valence-electron chi connectivity index (χ2n) is 8.72. The van der Waals surface area contributed by atoms with Gasteiger partial charge < -0.3 is 20.1 Å². The van der Waals surface area contributed by atoms with E-state index in [2.05, 4.69) is 33.9 Å². The average molecular weight is 484 g/mol. The molecule has 0 unspecified atom stereocenters. The number of nitrogens with zero attached hydrogens (tertiary/aromatic N) is 3. The van der Waals surface area contributed by atoms with E-state index in [0.29, 0.717) is 17.8 Å². The molecule has 2 N–H and O–H groups in total. The minimum atomic E-state index is -0.660. The lowest BCUT2D eigenvalue weighted by Gasteiger charge is -2.23. The maximum Gasteiger partial charge on any atom is 0.408 e. The number of aromatic nitrogens is 3. The third kappa shape index (κ3) is 7.80. The van der Waals surface area contributed by atoms with Crippen LogP contribution < -0.4 is 10.6 Å². The molecule has 2 rings (SSSR count). The molecule has 2 aromatic rings. The molecule has 0 saturated heterocycles. The number of hydrogen-bond acceptors (Lipinski definition) is 7. The van der Waals surface area contributed by atoms with Crippen molar-refractivity contribution in [1.82, 2.24) is 20.1 Å². The number of ether oxygens (including phenoxy) is 2. The smallest absolute Gasteiger partial charge is 0.408 e. The Balaban J connectivity index is 2.46. The summed E-state index contributed by atoms with van der Waals surface area (Å²) < 4.78 is 11.8. The van der Waals surface area contributed by atoms with Crippen molar-refractivity contribution in [2.24, 2.45) is 5.92 Å². The summed E-state index contributed by atoms with van der Waals surface area (Å²) in [5, 5.41) is 9.90. The van der Waals surface area contributed by atoms with Crippen molar-refractivity contribution in [1.29, 1.82) is 0 Å². The van der Waals surface area contributed by atoms with Crippen LogP contribution in [-0.4, -0.2) is 44.9 Å². The van der Waals surface area contributed by atoms with E-state index in [1.54, 1.807) is 59.0 Å². The molecule has 0 aliphatic heterocycles. The van der Waals surface area contributed by atoms with Gasteiger partial charge in [0, 0.05) is 12.3 Å². The molecule has 2 amide bonds. The number of pyridine rings is 1. The second-order valence-corrected chi connectivity index (χ2v) is 8.72. The van der Waals surface area contributed by atoms with Crippen LogP contribution in [0.2, 0.25) is 0 Å². The molecule has 2 aromatic heterocycles. The summed E-state index contributed by atoms with van der Waals surface area (Å²) in [7, 11) is 0. The summed E-state index contributed by atoms with van der Waals surface area (Å²) in [6, 6.07) is 4.27. The Kier molecular flexibility index (Phi) is 9.33. The van der Waals surface area contributed by atoms with E-state index in [1.807, 2.05) is 0 Å². The molecule has 0 fully saturated rings. The van der Waals surface area contributed by atoms with E-state index in [1.165, 1.54) is 16.8 Å². The Morgan fingerprint density at radius 2 is 1.94 bits per heavy atom. The summed E-state index contributed by atoms with van der Waals surface area (Å²) in [6.45, 7) is 16.3. The third-order valence-electron chi connectivity index (χ3n) is 4.67. The van der Waals surface area contributed by atoms with Crippen LogP contribution in [0.25, 0.3) is 5.69 Å². The number of alkyl carbamates (subject to hydrolysis) is 1. The molecule has 0 aliphatic rings. The first kappa shape index (κ1) is 27.3. The Labute approximate surface area is 205 Å². The van der Waals surface area contributed by atoms with Crippen LogP contribution in [0.3, 0.4) is 0 Å². The number of esters is 1. The van der Waals surface area contributed by atoms with Crippen molar-refractivity contribution in [2.45, 2.75) is 52.7 Å². The van der Waals surface area contributed by atoms with Gasteiger partial charge in [-0.2, -0.15) is 5.10 Å². The van der Waals surface area contributed by atoms with Gasteiger partial charge in [-0.05, 0) is 46.2 Å². The van der Waals surface area contributed by atoms with Gasteiger partial charge in [-0.1, -0.05) is 19.1 Å². The zero-order chi connectivity index (χ0) is 26.2. The van der Waals surface area contributed by atoms with E-state index >= 15 is 0 Å².